The molecule has 6 heteroatoms. The normalized spacial score (nSPS) is 11.2. The maximum absolute atomic E-state index is 10.4. The molecule has 32 heavy (non-hydrogen) atoms. The van der Waals surface area contributed by atoms with Crippen molar-refractivity contribution in [1.29, 1.82) is 0 Å². The van der Waals surface area contributed by atoms with E-state index in [0.717, 1.165) is 17.8 Å². The molecule has 0 fully saturated rings. The number of hydrogen-bond acceptors (Lipinski definition) is 4. The second-order valence-corrected chi connectivity index (χ2v) is 8.55. The Bertz CT molecular complexity index is 1300. The lowest BCUT2D eigenvalue weighted by molar-refractivity contribution is -0.669. The number of rotatable bonds is 5. The van der Waals surface area contributed by atoms with Crippen LogP contribution in [0.25, 0.3) is 17.0 Å². The van der Waals surface area contributed by atoms with E-state index in [0.29, 0.717) is 0 Å². The van der Waals surface area contributed by atoms with Crippen LogP contribution in [0.2, 0.25) is 0 Å². The minimum absolute atomic E-state index is 0.178. The SMILES string of the molecule is CC[n+]1c(/C=C/Nc2ccccc2)ccc2ccccc21.Cc1ccc(S(=O)(=O)[O-])cc1. The van der Waals surface area contributed by atoms with Crippen LogP contribution in [0, 0.1) is 6.92 Å². The Morgan fingerprint density at radius 1 is 0.875 bits per heavy atom. The van der Waals surface area contributed by atoms with Gasteiger partial charge in [0.15, 0.2) is 0 Å². The quantitative estimate of drug-likeness (QED) is 0.341. The van der Waals surface area contributed by atoms with Gasteiger partial charge in [0.05, 0.1) is 4.90 Å². The van der Waals surface area contributed by atoms with E-state index in [1.165, 1.54) is 28.7 Å². The number of pyridine rings is 1. The average molecular weight is 447 g/mol. The molecular formula is C26H26N2O3S. The largest absolute Gasteiger partial charge is 0.744 e. The van der Waals surface area contributed by atoms with Gasteiger partial charge in [0.1, 0.15) is 16.7 Å². The highest BCUT2D eigenvalue weighted by molar-refractivity contribution is 7.85. The van der Waals surface area contributed by atoms with Gasteiger partial charge in [-0.1, -0.05) is 48.0 Å². The molecule has 0 unspecified atom stereocenters. The monoisotopic (exact) mass is 446 g/mol. The van der Waals surface area contributed by atoms with E-state index in [-0.39, 0.29) is 4.90 Å². The number of hydrogen-bond donors (Lipinski definition) is 1. The zero-order chi connectivity index (χ0) is 23.0. The highest BCUT2D eigenvalue weighted by atomic mass is 32.2. The molecular weight excluding hydrogens is 420 g/mol. The zero-order valence-electron chi connectivity index (χ0n) is 18.1. The standard InChI is InChI=1S/C19H18N2.C7H8O3S/c1-2-21-18(13-12-16-8-6-7-11-19(16)21)14-15-20-17-9-4-3-5-10-17;1-6-2-4-7(5-3-6)11(8,9)10/h3-15H,2H2,1H3;2-5H,1H3,(H,8,9,10). The number of aryl methyl sites for hydroxylation is 2. The first-order chi connectivity index (χ1) is 15.4. The summed E-state index contributed by atoms with van der Waals surface area (Å²) in [6.45, 7) is 4.95. The van der Waals surface area contributed by atoms with Gasteiger partial charge in [-0.25, -0.2) is 8.42 Å². The predicted molar refractivity (Wildman–Crippen MR) is 128 cm³/mol. The Morgan fingerprint density at radius 2 is 1.53 bits per heavy atom. The van der Waals surface area contributed by atoms with E-state index in [2.05, 4.69) is 71.4 Å². The van der Waals surface area contributed by atoms with Crippen molar-refractivity contribution in [3.05, 3.63) is 108 Å². The van der Waals surface area contributed by atoms with E-state index in [9.17, 15) is 13.0 Å². The summed E-state index contributed by atoms with van der Waals surface area (Å²) in [6, 6.07) is 28.8. The topological polar surface area (TPSA) is 73.1 Å². The summed E-state index contributed by atoms with van der Waals surface area (Å²) in [7, 11) is -4.27. The lowest BCUT2D eigenvalue weighted by Crippen LogP contribution is -2.36. The van der Waals surface area contributed by atoms with Crippen LogP contribution in [0.3, 0.4) is 0 Å². The van der Waals surface area contributed by atoms with E-state index in [4.69, 9.17) is 0 Å². The first-order valence-electron chi connectivity index (χ1n) is 10.3. The fourth-order valence-electron chi connectivity index (χ4n) is 3.24. The molecule has 1 N–H and O–H groups in total. The average Bonchev–Trinajstić information content (AvgIpc) is 2.80. The van der Waals surface area contributed by atoms with Crippen molar-refractivity contribution in [2.24, 2.45) is 0 Å². The number of nitrogens with one attached hydrogen (secondary N) is 1. The van der Waals surface area contributed by atoms with Crippen molar-refractivity contribution in [1.82, 2.24) is 0 Å². The highest BCUT2D eigenvalue weighted by Crippen LogP contribution is 2.12. The van der Waals surface area contributed by atoms with Gasteiger partial charge in [-0.05, 0) is 50.2 Å². The van der Waals surface area contributed by atoms with Crippen LogP contribution in [-0.2, 0) is 16.7 Å². The first kappa shape index (κ1) is 23.2. The van der Waals surface area contributed by atoms with Crippen LogP contribution in [-0.4, -0.2) is 13.0 Å². The summed E-state index contributed by atoms with van der Waals surface area (Å²) in [5, 5.41) is 4.57. The Kier molecular flexibility index (Phi) is 7.76. The van der Waals surface area contributed by atoms with Crippen molar-refractivity contribution in [3.63, 3.8) is 0 Å². The number of benzene rings is 3. The molecule has 0 amide bonds. The number of anilines is 1. The maximum Gasteiger partial charge on any atom is 0.212 e. The fraction of sp³-hybridized carbons (Fsp3) is 0.115. The molecule has 164 valence electrons. The molecule has 0 radical (unpaired) electrons. The number of nitrogens with zero attached hydrogens (tertiary/aromatic N) is 1. The molecule has 0 saturated carbocycles. The molecule has 0 atom stereocenters. The second-order valence-electron chi connectivity index (χ2n) is 7.17. The smallest absolute Gasteiger partial charge is 0.212 e. The van der Waals surface area contributed by atoms with Gasteiger partial charge in [-0.3, -0.25) is 0 Å². The van der Waals surface area contributed by atoms with E-state index >= 15 is 0 Å². The summed E-state index contributed by atoms with van der Waals surface area (Å²) in [6.07, 6.45) is 4.11. The van der Waals surface area contributed by atoms with Gasteiger partial charge in [0.25, 0.3) is 0 Å². The predicted octanol–water partition coefficient (Wildman–Crippen LogP) is 5.13. The van der Waals surface area contributed by atoms with Crippen molar-refractivity contribution in [2.75, 3.05) is 5.32 Å². The minimum Gasteiger partial charge on any atom is -0.744 e. The third kappa shape index (κ3) is 6.26. The Balaban J connectivity index is 0.000000222. The molecule has 1 heterocycles. The van der Waals surface area contributed by atoms with Crippen molar-refractivity contribution >= 4 is 32.8 Å². The Labute approximate surface area is 189 Å². The van der Waals surface area contributed by atoms with Gasteiger partial charge < -0.3 is 9.87 Å². The molecule has 1 aromatic heterocycles. The lowest BCUT2D eigenvalue weighted by Gasteiger charge is -2.05. The van der Waals surface area contributed by atoms with E-state index in [1.807, 2.05) is 31.3 Å². The second kappa shape index (κ2) is 10.7. The number of para-hydroxylation sites is 2. The summed E-state index contributed by atoms with van der Waals surface area (Å²) in [5.74, 6) is 0. The van der Waals surface area contributed by atoms with E-state index < -0.39 is 10.1 Å². The molecule has 0 spiro atoms. The zero-order valence-corrected chi connectivity index (χ0v) is 18.9. The third-order valence-electron chi connectivity index (χ3n) is 4.88. The van der Waals surface area contributed by atoms with Crippen molar-refractivity contribution in [3.8, 4) is 0 Å². The Morgan fingerprint density at radius 3 is 2.19 bits per heavy atom. The molecule has 0 aliphatic rings. The van der Waals surface area contributed by atoms with Crippen LogP contribution >= 0.6 is 0 Å². The molecule has 0 saturated heterocycles. The van der Waals surface area contributed by atoms with Gasteiger partial charge in [-0.15, -0.1) is 0 Å². The number of fused-ring (bicyclic) bond motifs is 1. The molecule has 3 aromatic carbocycles. The van der Waals surface area contributed by atoms with Gasteiger partial charge in [0, 0.05) is 35.5 Å². The van der Waals surface area contributed by atoms with Crippen molar-refractivity contribution in [2.45, 2.75) is 25.3 Å². The summed E-state index contributed by atoms with van der Waals surface area (Å²) in [5.41, 5.74) is 4.48. The molecule has 0 bridgehead atoms. The van der Waals surface area contributed by atoms with Gasteiger partial charge in [0.2, 0.25) is 11.2 Å². The van der Waals surface area contributed by atoms with Crippen LogP contribution in [0.1, 0.15) is 18.2 Å². The molecule has 4 rings (SSSR count). The van der Waals surface area contributed by atoms with Crippen molar-refractivity contribution < 1.29 is 17.5 Å². The van der Waals surface area contributed by atoms with Gasteiger partial charge >= 0.3 is 0 Å². The maximum atomic E-state index is 10.4. The minimum atomic E-state index is -4.27. The first-order valence-corrected chi connectivity index (χ1v) is 11.7. The number of aromatic nitrogens is 1. The molecule has 0 aliphatic carbocycles. The van der Waals surface area contributed by atoms with Gasteiger partial charge in [-0.2, -0.15) is 4.57 Å². The molecule has 0 aliphatic heterocycles. The summed E-state index contributed by atoms with van der Waals surface area (Å²) < 4.78 is 33.5. The summed E-state index contributed by atoms with van der Waals surface area (Å²) in [4.78, 5) is -0.178. The lowest BCUT2D eigenvalue weighted by atomic mass is 10.2. The molecule has 5 nitrogen and oxygen atoms in total. The Hall–Kier alpha value is -3.48. The fourth-order valence-corrected chi connectivity index (χ4v) is 3.71. The van der Waals surface area contributed by atoms with Crippen LogP contribution in [0.4, 0.5) is 5.69 Å². The van der Waals surface area contributed by atoms with Crippen LogP contribution in [0.15, 0.2) is 102 Å². The summed E-state index contributed by atoms with van der Waals surface area (Å²) >= 11 is 0. The third-order valence-corrected chi connectivity index (χ3v) is 5.73. The van der Waals surface area contributed by atoms with Crippen LogP contribution < -0.4 is 9.88 Å². The molecule has 4 aromatic rings. The van der Waals surface area contributed by atoms with E-state index in [1.54, 1.807) is 12.1 Å². The highest BCUT2D eigenvalue weighted by Gasteiger charge is 2.10. The van der Waals surface area contributed by atoms with Crippen LogP contribution in [0.5, 0.6) is 0 Å².